The number of rotatable bonds is 3. The van der Waals surface area contributed by atoms with E-state index < -0.39 is 5.97 Å². The molecule has 1 N–H and O–H groups in total. The van der Waals surface area contributed by atoms with Crippen molar-refractivity contribution in [1.82, 2.24) is 4.81 Å². The Labute approximate surface area is 65.4 Å². The van der Waals surface area contributed by atoms with Crippen molar-refractivity contribution in [2.24, 2.45) is 5.92 Å². The summed E-state index contributed by atoms with van der Waals surface area (Å²) in [6.07, 6.45) is 1.32. The van der Waals surface area contributed by atoms with Gasteiger partial charge in [0.25, 0.3) is 7.41 Å². The zero-order chi connectivity index (χ0) is 8.27. The van der Waals surface area contributed by atoms with Crippen molar-refractivity contribution < 1.29 is 14.7 Å². The Morgan fingerprint density at radius 1 is 1.73 bits per heavy atom. The largest absolute Gasteiger partial charge is 0.481 e. The molecule has 1 unspecified atom stereocenters. The molecule has 0 saturated carbocycles. The molecule has 1 fully saturated rings. The normalized spacial score (nSPS) is 24.9. The molecule has 11 heavy (non-hydrogen) atoms. The van der Waals surface area contributed by atoms with Crippen LogP contribution >= 0.6 is 0 Å². The molecule has 1 saturated heterocycles. The third-order valence-corrected chi connectivity index (χ3v) is 1.84. The minimum Gasteiger partial charge on any atom is -0.481 e. The minimum atomic E-state index is -0.771. The lowest BCUT2D eigenvalue weighted by Gasteiger charge is -2.08. The second kappa shape index (κ2) is 3.53. The molecule has 0 aromatic heterocycles. The zero-order valence-corrected chi connectivity index (χ0v) is 6.06. The topological polar surface area (TPSA) is 57.6 Å². The highest BCUT2D eigenvalue weighted by atomic mass is 16.4. The van der Waals surface area contributed by atoms with Crippen LogP contribution in [0.2, 0.25) is 0 Å². The summed E-state index contributed by atoms with van der Waals surface area (Å²) in [5, 5.41) is 8.57. The van der Waals surface area contributed by atoms with Crippen LogP contribution in [-0.4, -0.2) is 42.6 Å². The van der Waals surface area contributed by atoms with Gasteiger partial charge in [0.05, 0.1) is 12.1 Å². The van der Waals surface area contributed by atoms with Crippen molar-refractivity contribution in [3.8, 4) is 0 Å². The SMILES string of the molecule is O=C[B]N1CCC(C(=O)O)C1. The van der Waals surface area contributed by atoms with Gasteiger partial charge in [-0.25, -0.2) is 0 Å². The van der Waals surface area contributed by atoms with Crippen LogP contribution in [-0.2, 0) is 9.59 Å². The molecule has 0 aromatic rings. The first-order chi connectivity index (χ1) is 5.24. The van der Waals surface area contributed by atoms with Gasteiger partial charge < -0.3 is 14.7 Å². The quantitative estimate of drug-likeness (QED) is 0.427. The van der Waals surface area contributed by atoms with Gasteiger partial charge in [-0.3, -0.25) is 4.79 Å². The van der Waals surface area contributed by atoms with Crippen LogP contribution in [0.1, 0.15) is 6.42 Å². The summed E-state index contributed by atoms with van der Waals surface area (Å²) in [5.41, 5.74) is 0. The number of aliphatic carboxylic acids is 1. The van der Waals surface area contributed by atoms with Crippen molar-refractivity contribution in [3.05, 3.63) is 0 Å². The molecule has 0 aliphatic carbocycles. The molecule has 1 aliphatic heterocycles. The van der Waals surface area contributed by atoms with Crippen LogP contribution < -0.4 is 0 Å². The van der Waals surface area contributed by atoms with Gasteiger partial charge in [0, 0.05) is 6.54 Å². The maximum Gasteiger partial charge on any atom is 0.307 e. The van der Waals surface area contributed by atoms with Gasteiger partial charge >= 0.3 is 5.97 Å². The first kappa shape index (κ1) is 8.26. The molecule has 0 bridgehead atoms. The van der Waals surface area contributed by atoms with E-state index in [0.29, 0.717) is 25.7 Å². The molecule has 1 heterocycles. The second-order valence-electron chi connectivity index (χ2n) is 2.60. The van der Waals surface area contributed by atoms with E-state index in [2.05, 4.69) is 0 Å². The summed E-state index contributed by atoms with van der Waals surface area (Å²) < 4.78 is 0. The number of hydrogen-bond donors (Lipinski definition) is 1. The summed E-state index contributed by atoms with van der Waals surface area (Å²) in [5.74, 6) is -1.07. The summed E-state index contributed by atoms with van der Waals surface area (Å²) >= 11 is 0. The first-order valence-corrected chi connectivity index (χ1v) is 3.49. The Kier molecular flexibility index (Phi) is 2.65. The Morgan fingerprint density at radius 3 is 2.91 bits per heavy atom. The highest BCUT2D eigenvalue weighted by Crippen LogP contribution is 2.14. The third-order valence-electron chi connectivity index (χ3n) is 1.84. The van der Waals surface area contributed by atoms with E-state index in [0.717, 1.165) is 0 Å². The zero-order valence-electron chi connectivity index (χ0n) is 6.06. The van der Waals surface area contributed by atoms with Crippen LogP contribution in [0, 0.1) is 5.92 Å². The predicted molar refractivity (Wildman–Crippen MR) is 39.8 cm³/mol. The number of carbonyl (C=O) groups excluding carboxylic acids is 1. The Hall–Kier alpha value is -0.835. The van der Waals surface area contributed by atoms with Crippen LogP contribution in [0.4, 0.5) is 0 Å². The molecule has 1 aliphatic rings. The van der Waals surface area contributed by atoms with E-state index in [1.807, 2.05) is 0 Å². The van der Waals surface area contributed by atoms with Crippen molar-refractivity contribution in [2.45, 2.75) is 6.42 Å². The fourth-order valence-electron chi connectivity index (χ4n) is 1.21. The second-order valence-corrected chi connectivity index (χ2v) is 2.60. The highest BCUT2D eigenvalue weighted by molar-refractivity contribution is 6.64. The third kappa shape index (κ3) is 2.05. The molecular formula is C6H9BNO3. The van der Waals surface area contributed by atoms with Gasteiger partial charge in [-0.15, -0.1) is 0 Å². The Morgan fingerprint density at radius 2 is 2.45 bits per heavy atom. The number of carbonyl (C=O) groups is 2. The van der Waals surface area contributed by atoms with Crippen LogP contribution in [0.3, 0.4) is 0 Å². The van der Waals surface area contributed by atoms with Gasteiger partial charge in [0.1, 0.15) is 0 Å². The van der Waals surface area contributed by atoms with Gasteiger partial charge in [-0.1, -0.05) is 0 Å². The van der Waals surface area contributed by atoms with E-state index in [-0.39, 0.29) is 5.92 Å². The van der Waals surface area contributed by atoms with Gasteiger partial charge in [0.2, 0.25) is 0 Å². The highest BCUT2D eigenvalue weighted by Gasteiger charge is 2.27. The number of hydrogen-bond acceptors (Lipinski definition) is 3. The number of carboxylic acids is 1. The first-order valence-electron chi connectivity index (χ1n) is 3.49. The average Bonchev–Trinajstić information content (AvgIpc) is 2.37. The van der Waals surface area contributed by atoms with Gasteiger partial charge in [-0.2, -0.15) is 0 Å². The fourth-order valence-corrected chi connectivity index (χ4v) is 1.21. The summed E-state index contributed by atoms with van der Waals surface area (Å²) in [6, 6.07) is 0. The lowest BCUT2D eigenvalue weighted by atomic mass is 9.95. The maximum absolute atomic E-state index is 10.4. The molecule has 0 amide bonds. The fraction of sp³-hybridized carbons (Fsp3) is 0.667. The molecule has 59 valence electrons. The maximum atomic E-state index is 10.4. The van der Waals surface area contributed by atoms with E-state index in [1.54, 1.807) is 4.81 Å². The van der Waals surface area contributed by atoms with Crippen molar-refractivity contribution >= 4 is 19.6 Å². The Bertz CT molecular complexity index is 173. The molecule has 1 radical (unpaired) electrons. The molecule has 0 aromatic carbocycles. The van der Waals surface area contributed by atoms with E-state index >= 15 is 0 Å². The van der Waals surface area contributed by atoms with Gasteiger partial charge in [-0.05, 0) is 13.0 Å². The predicted octanol–water partition coefficient (Wildman–Crippen LogP) is -0.798. The standard InChI is InChI=1S/C6H9BNO3/c9-4-7-8-2-1-5(3-8)6(10)11/h4-5H,1-3H2,(H,10,11). The molecule has 1 atom stereocenters. The lowest BCUT2D eigenvalue weighted by molar-refractivity contribution is -0.141. The van der Waals surface area contributed by atoms with Crippen molar-refractivity contribution in [1.29, 1.82) is 0 Å². The molecular weight excluding hydrogens is 145 g/mol. The van der Waals surface area contributed by atoms with Crippen molar-refractivity contribution in [3.63, 3.8) is 0 Å². The van der Waals surface area contributed by atoms with Crippen LogP contribution in [0.5, 0.6) is 0 Å². The van der Waals surface area contributed by atoms with E-state index in [1.165, 1.54) is 7.41 Å². The van der Waals surface area contributed by atoms with Crippen molar-refractivity contribution in [2.75, 3.05) is 13.1 Å². The number of carboxylic acid groups (broad SMARTS) is 1. The number of nitrogens with zero attached hydrogens (tertiary/aromatic N) is 1. The van der Waals surface area contributed by atoms with Crippen LogP contribution in [0.25, 0.3) is 0 Å². The average molecular weight is 154 g/mol. The lowest BCUT2D eigenvalue weighted by Crippen LogP contribution is -2.27. The smallest absolute Gasteiger partial charge is 0.307 e. The monoisotopic (exact) mass is 154 g/mol. The van der Waals surface area contributed by atoms with E-state index in [4.69, 9.17) is 5.11 Å². The Balaban J connectivity index is 2.34. The van der Waals surface area contributed by atoms with Crippen LogP contribution in [0.15, 0.2) is 0 Å². The molecule has 1 rings (SSSR count). The summed E-state index contributed by atoms with van der Waals surface area (Å²) in [7, 11) is 1.39. The van der Waals surface area contributed by atoms with E-state index in [9.17, 15) is 9.59 Å². The molecule has 4 nitrogen and oxygen atoms in total. The molecule has 5 heteroatoms. The minimum absolute atomic E-state index is 0.300. The summed E-state index contributed by atoms with van der Waals surface area (Å²) in [6.45, 7) is 1.14. The summed E-state index contributed by atoms with van der Waals surface area (Å²) in [4.78, 5) is 22.1. The molecule has 0 spiro atoms. The van der Waals surface area contributed by atoms with Gasteiger partial charge in [0.15, 0.2) is 0 Å².